The standard InChI is InChI=1S/C12H16N2O2.C12H17N/c1-12(2,3)11-6-8-4-5-9(14(15)16)7-10(8)13-11;1-12(2,3)11-8-9-6-4-5-7-10(9)13-11/h4-5,7,11,13H,6H2,1-3H3;4-7,11,13H,8H2,1-3H3. The fourth-order valence-corrected chi connectivity index (χ4v) is 3.79. The van der Waals surface area contributed by atoms with Gasteiger partial charge in [-0.05, 0) is 40.9 Å². The van der Waals surface area contributed by atoms with E-state index in [0.717, 1.165) is 12.1 Å². The largest absolute Gasteiger partial charge is 0.381 e. The van der Waals surface area contributed by atoms with E-state index in [1.165, 1.54) is 23.2 Å². The molecule has 2 aromatic carbocycles. The summed E-state index contributed by atoms with van der Waals surface area (Å²) in [5, 5.41) is 17.6. The number of fused-ring (bicyclic) bond motifs is 2. The summed E-state index contributed by atoms with van der Waals surface area (Å²) in [6.07, 6.45) is 2.11. The van der Waals surface area contributed by atoms with E-state index in [9.17, 15) is 10.1 Å². The average molecular weight is 396 g/mol. The smallest absolute Gasteiger partial charge is 0.271 e. The second-order valence-electron chi connectivity index (χ2n) is 10.3. The first-order valence-electron chi connectivity index (χ1n) is 10.3. The molecule has 0 saturated carbocycles. The summed E-state index contributed by atoms with van der Waals surface area (Å²) in [7, 11) is 0. The van der Waals surface area contributed by atoms with Crippen LogP contribution in [0.4, 0.5) is 17.1 Å². The molecule has 2 heterocycles. The maximum absolute atomic E-state index is 10.7. The second-order valence-corrected chi connectivity index (χ2v) is 10.3. The SMILES string of the molecule is CC(C)(C)C1Cc2ccc([N+](=O)[O-])cc2N1.CC(C)(C)C1Cc2ccccc2N1. The van der Waals surface area contributed by atoms with Gasteiger partial charge in [0.25, 0.3) is 5.69 Å². The Balaban J connectivity index is 0.000000169. The van der Waals surface area contributed by atoms with Gasteiger partial charge in [-0.1, -0.05) is 65.8 Å². The Bertz CT molecular complexity index is 869. The molecule has 5 nitrogen and oxygen atoms in total. The maximum atomic E-state index is 10.7. The minimum atomic E-state index is -0.355. The molecule has 0 fully saturated rings. The fourth-order valence-electron chi connectivity index (χ4n) is 3.79. The molecule has 5 heteroatoms. The third kappa shape index (κ3) is 4.89. The van der Waals surface area contributed by atoms with E-state index in [-0.39, 0.29) is 16.0 Å². The Labute approximate surface area is 174 Å². The molecule has 0 saturated heterocycles. The van der Waals surface area contributed by atoms with E-state index in [1.807, 2.05) is 6.07 Å². The van der Waals surface area contributed by atoms with Crippen LogP contribution < -0.4 is 10.6 Å². The van der Waals surface area contributed by atoms with Crippen molar-refractivity contribution in [1.82, 2.24) is 0 Å². The van der Waals surface area contributed by atoms with Crippen molar-refractivity contribution in [2.24, 2.45) is 10.8 Å². The molecular formula is C24H33N3O2. The minimum absolute atomic E-state index is 0.154. The summed E-state index contributed by atoms with van der Waals surface area (Å²) in [6.45, 7) is 13.4. The van der Waals surface area contributed by atoms with Crippen LogP contribution >= 0.6 is 0 Å². The molecule has 2 aromatic rings. The molecule has 2 atom stereocenters. The molecule has 156 valence electrons. The maximum Gasteiger partial charge on any atom is 0.271 e. The Morgan fingerprint density at radius 1 is 0.828 bits per heavy atom. The van der Waals surface area contributed by atoms with Crippen molar-refractivity contribution in [3.63, 3.8) is 0 Å². The first-order valence-corrected chi connectivity index (χ1v) is 10.3. The topological polar surface area (TPSA) is 67.2 Å². The zero-order valence-electron chi connectivity index (χ0n) is 18.4. The summed E-state index contributed by atoms with van der Waals surface area (Å²) in [6, 6.07) is 14.6. The number of hydrogen-bond acceptors (Lipinski definition) is 4. The molecule has 2 aliphatic rings. The Hall–Kier alpha value is -2.56. The zero-order chi connectivity index (χ0) is 21.4. The number of nitro groups is 1. The molecule has 0 bridgehead atoms. The van der Waals surface area contributed by atoms with Crippen molar-refractivity contribution in [2.45, 2.75) is 66.5 Å². The first-order chi connectivity index (χ1) is 13.4. The van der Waals surface area contributed by atoms with Crippen molar-refractivity contribution in [3.8, 4) is 0 Å². The van der Waals surface area contributed by atoms with Gasteiger partial charge < -0.3 is 10.6 Å². The predicted molar refractivity (Wildman–Crippen MR) is 121 cm³/mol. The van der Waals surface area contributed by atoms with Gasteiger partial charge in [0.1, 0.15) is 0 Å². The van der Waals surface area contributed by atoms with Crippen LogP contribution in [0.1, 0.15) is 52.7 Å². The van der Waals surface area contributed by atoms with Crippen molar-refractivity contribution in [1.29, 1.82) is 0 Å². The Morgan fingerprint density at radius 2 is 1.34 bits per heavy atom. The molecule has 0 spiro atoms. The minimum Gasteiger partial charge on any atom is -0.381 e. The van der Waals surface area contributed by atoms with Gasteiger partial charge in [-0.3, -0.25) is 10.1 Å². The molecule has 2 unspecified atom stereocenters. The van der Waals surface area contributed by atoms with Gasteiger partial charge in [0.05, 0.1) is 4.92 Å². The van der Waals surface area contributed by atoms with E-state index in [1.54, 1.807) is 12.1 Å². The number of rotatable bonds is 1. The zero-order valence-corrected chi connectivity index (χ0v) is 18.4. The van der Waals surface area contributed by atoms with E-state index in [2.05, 4.69) is 76.4 Å². The fraction of sp³-hybridized carbons (Fsp3) is 0.500. The number of nitrogens with zero attached hydrogens (tertiary/aromatic N) is 1. The van der Waals surface area contributed by atoms with Crippen molar-refractivity contribution in [3.05, 3.63) is 63.7 Å². The lowest BCUT2D eigenvalue weighted by Crippen LogP contribution is -2.31. The third-order valence-electron chi connectivity index (χ3n) is 5.92. The molecule has 0 aliphatic carbocycles. The number of para-hydroxylation sites is 1. The van der Waals surface area contributed by atoms with Crippen LogP contribution in [-0.2, 0) is 12.8 Å². The second kappa shape index (κ2) is 7.69. The lowest BCUT2D eigenvalue weighted by Gasteiger charge is -2.27. The molecule has 29 heavy (non-hydrogen) atoms. The van der Waals surface area contributed by atoms with Gasteiger partial charge in [0, 0.05) is 35.6 Å². The van der Waals surface area contributed by atoms with Crippen molar-refractivity contribution >= 4 is 17.1 Å². The molecule has 4 rings (SSSR count). The number of nitrogens with one attached hydrogen (secondary N) is 2. The molecule has 2 aliphatic heterocycles. The first kappa shape index (κ1) is 21.2. The summed E-state index contributed by atoms with van der Waals surface area (Å²) in [4.78, 5) is 10.3. The highest BCUT2D eigenvalue weighted by atomic mass is 16.6. The molecule has 2 N–H and O–H groups in total. The van der Waals surface area contributed by atoms with Crippen molar-refractivity contribution in [2.75, 3.05) is 10.6 Å². The molecule has 0 aromatic heterocycles. The van der Waals surface area contributed by atoms with Gasteiger partial charge in [-0.25, -0.2) is 0 Å². The number of non-ortho nitro benzene ring substituents is 1. The molecule has 0 radical (unpaired) electrons. The van der Waals surface area contributed by atoms with Crippen LogP contribution in [0.25, 0.3) is 0 Å². The summed E-state index contributed by atoms with van der Waals surface area (Å²) in [5.74, 6) is 0. The van der Waals surface area contributed by atoms with Crippen LogP contribution in [0.5, 0.6) is 0 Å². The normalized spacial score (nSPS) is 19.9. The highest BCUT2D eigenvalue weighted by Crippen LogP contribution is 2.36. The van der Waals surface area contributed by atoms with Crippen LogP contribution in [0.15, 0.2) is 42.5 Å². The third-order valence-corrected chi connectivity index (χ3v) is 5.92. The number of benzene rings is 2. The van der Waals surface area contributed by atoms with Gasteiger partial charge in [-0.15, -0.1) is 0 Å². The van der Waals surface area contributed by atoms with Gasteiger partial charge in [0.2, 0.25) is 0 Å². The van der Waals surface area contributed by atoms with E-state index in [0.29, 0.717) is 17.5 Å². The van der Waals surface area contributed by atoms with E-state index in [4.69, 9.17) is 0 Å². The van der Waals surface area contributed by atoms with Crippen LogP contribution in [0, 0.1) is 20.9 Å². The van der Waals surface area contributed by atoms with Gasteiger partial charge >= 0.3 is 0 Å². The van der Waals surface area contributed by atoms with Crippen LogP contribution in [0.2, 0.25) is 0 Å². The Kier molecular flexibility index (Phi) is 5.61. The monoisotopic (exact) mass is 395 g/mol. The van der Waals surface area contributed by atoms with Crippen LogP contribution in [-0.4, -0.2) is 17.0 Å². The number of hydrogen-bond donors (Lipinski definition) is 2. The van der Waals surface area contributed by atoms with E-state index < -0.39 is 0 Å². The van der Waals surface area contributed by atoms with E-state index >= 15 is 0 Å². The lowest BCUT2D eigenvalue weighted by atomic mass is 9.85. The molecule has 0 amide bonds. The van der Waals surface area contributed by atoms with Crippen LogP contribution in [0.3, 0.4) is 0 Å². The summed E-state index contributed by atoms with van der Waals surface area (Å²) < 4.78 is 0. The predicted octanol–water partition coefficient (Wildman–Crippen LogP) is 6.05. The van der Waals surface area contributed by atoms with Gasteiger partial charge in [0.15, 0.2) is 0 Å². The van der Waals surface area contributed by atoms with Gasteiger partial charge in [-0.2, -0.15) is 0 Å². The summed E-state index contributed by atoms with van der Waals surface area (Å²) in [5.41, 5.74) is 5.53. The van der Waals surface area contributed by atoms with Crippen molar-refractivity contribution < 1.29 is 4.92 Å². The number of nitro benzene ring substituents is 1. The quantitative estimate of drug-likeness (QED) is 0.456. The average Bonchev–Trinajstić information content (AvgIpc) is 3.25. The Morgan fingerprint density at radius 3 is 1.86 bits per heavy atom. The highest BCUT2D eigenvalue weighted by molar-refractivity contribution is 5.62. The highest BCUT2D eigenvalue weighted by Gasteiger charge is 2.31. The lowest BCUT2D eigenvalue weighted by molar-refractivity contribution is -0.384. The molecular weight excluding hydrogens is 362 g/mol. The number of anilines is 2. The summed E-state index contributed by atoms with van der Waals surface area (Å²) >= 11 is 0.